The van der Waals surface area contributed by atoms with Gasteiger partial charge in [0.05, 0.1) is 6.10 Å². The predicted molar refractivity (Wildman–Crippen MR) is 65.7 cm³/mol. The highest BCUT2D eigenvalue weighted by Gasteiger charge is 2.24. The van der Waals surface area contributed by atoms with Gasteiger partial charge in [-0.1, -0.05) is 26.0 Å². The molecule has 0 saturated carbocycles. The number of aliphatic hydroxyl groups excluding tert-OH is 1. The highest BCUT2D eigenvalue weighted by atomic mass is 32.1. The maximum Gasteiger partial charge on any atom is 0.0681 e. The van der Waals surface area contributed by atoms with Gasteiger partial charge in [0.2, 0.25) is 0 Å². The van der Waals surface area contributed by atoms with E-state index in [1.165, 1.54) is 0 Å². The van der Waals surface area contributed by atoms with Crippen LogP contribution in [-0.2, 0) is 0 Å². The van der Waals surface area contributed by atoms with Crippen molar-refractivity contribution in [3.8, 4) is 0 Å². The fourth-order valence-electron chi connectivity index (χ4n) is 1.12. The van der Waals surface area contributed by atoms with E-state index in [1.54, 1.807) is 0 Å². The van der Waals surface area contributed by atoms with Crippen molar-refractivity contribution >= 4 is 12.6 Å². The Morgan fingerprint density at radius 1 is 1.43 bits per heavy atom. The molecule has 3 N–H and O–H groups in total. The molecule has 0 saturated heterocycles. The molecule has 3 heteroatoms. The van der Waals surface area contributed by atoms with Gasteiger partial charge in [-0.05, 0) is 31.2 Å². The van der Waals surface area contributed by atoms with E-state index < -0.39 is 0 Å². The third kappa shape index (κ3) is 5.68. The lowest BCUT2D eigenvalue weighted by molar-refractivity contribution is 0.0728. The van der Waals surface area contributed by atoms with Gasteiger partial charge in [-0.3, -0.25) is 0 Å². The van der Waals surface area contributed by atoms with Crippen LogP contribution in [0.4, 0.5) is 0 Å². The number of nitrogens with two attached hydrogens (primary N) is 1. The van der Waals surface area contributed by atoms with Gasteiger partial charge in [-0.2, -0.15) is 12.6 Å². The summed E-state index contributed by atoms with van der Waals surface area (Å²) >= 11 is 4.10. The first-order chi connectivity index (χ1) is 6.54. The molecule has 1 atom stereocenters. The van der Waals surface area contributed by atoms with Crippen molar-refractivity contribution in [2.45, 2.75) is 39.2 Å². The van der Waals surface area contributed by atoms with Crippen LogP contribution in [0.2, 0.25) is 0 Å². The highest BCUT2D eigenvalue weighted by molar-refractivity contribution is 7.80. The molecule has 0 rings (SSSR count). The molecular formula is C11H23NOS. The first kappa shape index (κ1) is 14.0. The maximum atomic E-state index is 9.66. The van der Waals surface area contributed by atoms with Crippen LogP contribution in [0.15, 0.2) is 12.2 Å². The van der Waals surface area contributed by atoms with Crippen molar-refractivity contribution in [2.75, 3.05) is 12.3 Å². The molecule has 0 aliphatic heterocycles. The average Bonchev–Trinajstić information content (AvgIpc) is 2.16. The lowest BCUT2D eigenvalue weighted by Gasteiger charge is -2.28. The molecule has 0 aromatic rings. The molecule has 0 fully saturated rings. The van der Waals surface area contributed by atoms with Gasteiger partial charge in [0.25, 0.3) is 0 Å². The molecule has 84 valence electrons. The molecule has 14 heavy (non-hydrogen) atoms. The maximum absolute atomic E-state index is 9.66. The minimum absolute atomic E-state index is 0.0824. The van der Waals surface area contributed by atoms with Crippen molar-refractivity contribution in [3.63, 3.8) is 0 Å². The van der Waals surface area contributed by atoms with Crippen LogP contribution in [0.3, 0.4) is 0 Å². The van der Waals surface area contributed by atoms with E-state index in [2.05, 4.69) is 38.6 Å². The monoisotopic (exact) mass is 217 g/mol. The summed E-state index contributed by atoms with van der Waals surface area (Å²) in [6.45, 7) is 4.86. The van der Waals surface area contributed by atoms with Crippen LogP contribution in [-0.4, -0.2) is 23.5 Å². The number of aliphatic hydroxyl groups is 1. The van der Waals surface area contributed by atoms with Crippen LogP contribution < -0.4 is 5.73 Å². The summed E-state index contributed by atoms with van der Waals surface area (Å²) in [6, 6.07) is 0. The van der Waals surface area contributed by atoms with Gasteiger partial charge in [0.1, 0.15) is 0 Å². The molecular weight excluding hydrogens is 194 g/mol. The van der Waals surface area contributed by atoms with Gasteiger partial charge in [-0.25, -0.2) is 0 Å². The normalized spacial score (nSPS) is 14.9. The molecule has 0 amide bonds. The third-order valence-corrected chi connectivity index (χ3v) is 2.81. The van der Waals surface area contributed by atoms with Crippen LogP contribution in [0.1, 0.15) is 33.1 Å². The quantitative estimate of drug-likeness (QED) is 0.347. The largest absolute Gasteiger partial charge is 0.392 e. The van der Waals surface area contributed by atoms with Crippen LogP contribution in [0.5, 0.6) is 0 Å². The molecule has 0 heterocycles. The summed E-state index contributed by atoms with van der Waals surface area (Å²) in [5.41, 5.74) is 5.30. The predicted octanol–water partition coefficient (Wildman–Crippen LogP) is 1.99. The number of thiol groups is 1. The van der Waals surface area contributed by atoms with Gasteiger partial charge in [0, 0.05) is 5.75 Å². The summed E-state index contributed by atoms with van der Waals surface area (Å²) in [7, 11) is 0. The standard InChI is InChI=1S/C11H23NOS/c1-11(2,10(13)9-14)7-5-3-4-6-8-12/h3,5,10,13-14H,4,6-9,12H2,1-2H3/b5-3-/t10-/m1/s1. The molecule has 0 spiro atoms. The Morgan fingerprint density at radius 3 is 2.57 bits per heavy atom. The molecule has 0 aromatic heterocycles. The summed E-state index contributed by atoms with van der Waals surface area (Å²) < 4.78 is 0. The average molecular weight is 217 g/mol. The van der Waals surface area contributed by atoms with E-state index in [1.807, 2.05) is 0 Å². The smallest absolute Gasteiger partial charge is 0.0681 e. The van der Waals surface area contributed by atoms with E-state index in [-0.39, 0.29) is 11.5 Å². The number of hydrogen-bond acceptors (Lipinski definition) is 3. The van der Waals surface area contributed by atoms with Crippen LogP contribution >= 0.6 is 12.6 Å². The summed E-state index contributed by atoms with van der Waals surface area (Å²) in [5, 5.41) is 9.66. The number of rotatable bonds is 7. The van der Waals surface area contributed by atoms with Gasteiger partial charge >= 0.3 is 0 Å². The van der Waals surface area contributed by atoms with Crippen molar-refractivity contribution in [1.29, 1.82) is 0 Å². The van der Waals surface area contributed by atoms with Crippen molar-refractivity contribution < 1.29 is 5.11 Å². The SMILES string of the molecule is CC(C)(C/C=C\CCCN)[C@H](O)CS. The molecule has 0 unspecified atom stereocenters. The topological polar surface area (TPSA) is 46.2 Å². The Bertz CT molecular complexity index is 169. The third-order valence-electron chi connectivity index (χ3n) is 2.46. The Kier molecular flexibility index (Phi) is 7.33. The molecule has 0 aliphatic carbocycles. The zero-order chi connectivity index (χ0) is 11.0. The molecule has 0 radical (unpaired) electrons. The summed E-state index contributed by atoms with van der Waals surface area (Å²) in [4.78, 5) is 0. The second-order valence-corrected chi connectivity index (χ2v) is 4.66. The van der Waals surface area contributed by atoms with E-state index in [0.717, 1.165) is 25.8 Å². The minimum Gasteiger partial charge on any atom is -0.392 e. The first-order valence-corrected chi connectivity index (χ1v) is 5.82. The van der Waals surface area contributed by atoms with Crippen molar-refractivity contribution in [2.24, 2.45) is 11.1 Å². The van der Waals surface area contributed by atoms with Gasteiger partial charge in [0.15, 0.2) is 0 Å². The fraction of sp³-hybridized carbons (Fsp3) is 0.818. The van der Waals surface area contributed by atoms with Crippen LogP contribution in [0, 0.1) is 5.41 Å². The van der Waals surface area contributed by atoms with E-state index in [4.69, 9.17) is 5.73 Å². The number of allylic oxidation sites excluding steroid dienone is 2. The van der Waals surface area contributed by atoms with E-state index in [9.17, 15) is 5.11 Å². The Labute approximate surface area is 93.0 Å². The molecule has 2 nitrogen and oxygen atoms in total. The Morgan fingerprint density at radius 2 is 2.07 bits per heavy atom. The summed E-state index contributed by atoms with van der Waals surface area (Å²) in [5.74, 6) is 0.518. The Hall–Kier alpha value is 0.0100. The second kappa shape index (κ2) is 7.32. The minimum atomic E-state index is -0.343. The zero-order valence-electron chi connectivity index (χ0n) is 9.24. The second-order valence-electron chi connectivity index (χ2n) is 4.29. The number of hydrogen-bond donors (Lipinski definition) is 3. The van der Waals surface area contributed by atoms with Crippen molar-refractivity contribution in [1.82, 2.24) is 0 Å². The van der Waals surface area contributed by atoms with E-state index >= 15 is 0 Å². The fourth-order valence-corrected chi connectivity index (χ4v) is 1.62. The summed E-state index contributed by atoms with van der Waals surface area (Å²) in [6.07, 6.45) is 6.88. The van der Waals surface area contributed by atoms with Crippen LogP contribution in [0.25, 0.3) is 0 Å². The Balaban J connectivity index is 3.80. The van der Waals surface area contributed by atoms with Gasteiger partial charge < -0.3 is 10.8 Å². The van der Waals surface area contributed by atoms with E-state index in [0.29, 0.717) is 5.75 Å². The van der Waals surface area contributed by atoms with Crippen molar-refractivity contribution in [3.05, 3.63) is 12.2 Å². The lowest BCUT2D eigenvalue weighted by atomic mass is 9.84. The molecule has 0 aliphatic rings. The first-order valence-electron chi connectivity index (χ1n) is 5.18. The van der Waals surface area contributed by atoms with Gasteiger partial charge in [-0.15, -0.1) is 0 Å². The lowest BCUT2D eigenvalue weighted by Crippen LogP contribution is -2.30. The zero-order valence-corrected chi connectivity index (χ0v) is 10.1. The number of unbranched alkanes of at least 4 members (excludes halogenated alkanes) is 1. The molecule has 0 aromatic carbocycles. The highest BCUT2D eigenvalue weighted by Crippen LogP contribution is 2.26. The molecule has 0 bridgehead atoms.